The van der Waals surface area contributed by atoms with Crippen LogP contribution in [0.5, 0.6) is 11.5 Å². The normalized spacial score (nSPS) is 15.8. The minimum Gasteiger partial charge on any atom is -0.490 e. The van der Waals surface area contributed by atoms with E-state index >= 15 is 0 Å². The van der Waals surface area contributed by atoms with Crippen molar-refractivity contribution in [3.63, 3.8) is 0 Å². The van der Waals surface area contributed by atoms with E-state index in [9.17, 15) is 4.79 Å². The van der Waals surface area contributed by atoms with Gasteiger partial charge in [-0.3, -0.25) is 4.79 Å². The van der Waals surface area contributed by atoms with E-state index in [1.165, 1.54) is 0 Å². The van der Waals surface area contributed by atoms with Gasteiger partial charge < -0.3 is 20.5 Å². The molecule has 0 spiro atoms. The second kappa shape index (κ2) is 9.74. The number of nitrogens with two attached hydrogens (primary N) is 1. The Morgan fingerprint density at radius 2 is 1.92 bits per heavy atom. The minimum absolute atomic E-state index is 0. The summed E-state index contributed by atoms with van der Waals surface area (Å²) in [7, 11) is 0. The molecular weight excluding hydrogens is 328 g/mol. The Hall–Kier alpha value is -1.46. The highest BCUT2D eigenvalue weighted by atomic mass is 35.5. The van der Waals surface area contributed by atoms with Crippen LogP contribution in [0.1, 0.15) is 39.5 Å². The lowest BCUT2D eigenvalue weighted by Gasteiger charge is -2.29. The van der Waals surface area contributed by atoms with Crippen LogP contribution in [-0.4, -0.2) is 31.2 Å². The maximum atomic E-state index is 12.1. The topological polar surface area (TPSA) is 73.6 Å². The van der Waals surface area contributed by atoms with Gasteiger partial charge in [0.2, 0.25) is 5.91 Å². The van der Waals surface area contributed by atoms with E-state index in [2.05, 4.69) is 5.32 Å². The summed E-state index contributed by atoms with van der Waals surface area (Å²) in [6, 6.07) is 7.58. The van der Waals surface area contributed by atoms with Crippen LogP contribution in [0, 0.1) is 5.92 Å². The van der Waals surface area contributed by atoms with Crippen LogP contribution in [0.3, 0.4) is 0 Å². The molecule has 24 heavy (non-hydrogen) atoms. The number of halogens is 1. The smallest absolute Gasteiger partial charge is 0.220 e. The van der Waals surface area contributed by atoms with E-state index in [0.717, 1.165) is 24.3 Å². The number of nitrogens with one attached hydrogen (secondary N) is 1. The molecule has 3 N–H and O–H groups in total. The van der Waals surface area contributed by atoms with Crippen molar-refractivity contribution >= 4 is 18.3 Å². The highest BCUT2D eigenvalue weighted by molar-refractivity contribution is 5.85. The third-order valence-electron chi connectivity index (χ3n) is 4.28. The molecule has 1 atom stereocenters. The fourth-order valence-corrected chi connectivity index (χ4v) is 2.68. The predicted molar refractivity (Wildman–Crippen MR) is 97.9 cm³/mol. The fraction of sp³-hybridized carbons (Fsp3) is 0.611. The van der Waals surface area contributed by atoms with Crippen molar-refractivity contribution in [1.29, 1.82) is 0 Å². The maximum Gasteiger partial charge on any atom is 0.220 e. The Kier molecular flexibility index (Phi) is 8.36. The zero-order valence-corrected chi connectivity index (χ0v) is 15.4. The van der Waals surface area contributed by atoms with Crippen molar-refractivity contribution in [2.24, 2.45) is 11.7 Å². The van der Waals surface area contributed by atoms with E-state index in [1.54, 1.807) is 0 Å². The van der Waals surface area contributed by atoms with Crippen LogP contribution in [0.2, 0.25) is 0 Å². The third-order valence-corrected chi connectivity index (χ3v) is 4.28. The van der Waals surface area contributed by atoms with Gasteiger partial charge in [0.1, 0.15) is 0 Å². The van der Waals surface area contributed by atoms with Crippen LogP contribution in [0.15, 0.2) is 24.3 Å². The van der Waals surface area contributed by atoms with Crippen LogP contribution >= 0.6 is 12.4 Å². The summed E-state index contributed by atoms with van der Waals surface area (Å²) < 4.78 is 11.2. The molecule has 1 amide bonds. The number of hydrogen-bond acceptors (Lipinski definition) is 4. The fourth-order valence-electron chi connectivity index (χ4n) is 2.68. The molecule has 1 aromatic carbocycles. The number of amides is 1. The van der Waals surface area contributed by atoms with Crippen molar-refractivity contribution in [1.82, 2.24) is 5.32 Å². The van der Waals surface area contributed by atoms with E-state index in [1.807, 2.05) is 38.1 Å². The number of rotatable bonds is 10. The molecule has 0 aliphatic heterocycles. The highest BCUT2D eigenvalue weighted by Crippen LogP contribution is 2.39. The molecule has 0 heterocycles. The number of carbonyl (C=O) groups is 1. The van der Waals surface area contributed by atoms with Crippen LogP contribution in [-0.2, 0) is 4.79 Å². The first-order valence-electron chi connectivity index (χ1n) is 8.44. The first kappa shape index (κ1) is 20.6. The summed E-state index contributed by atoms with van der Waals surface area (Å²) in [5, 5.41) is 3.09. The van der Waals surface area contributed by atoms with Gasteiger partial charge in [-0.1, -0.05) is 12.1 Å². The Bertz CT molecular complexity index is 523. The van der Waals surface area contributed by atoms with E-state index in [-0.39, 0.29) is 23.9 Å². The Labute approximate surface area is 150 Å². The molecule has 1 saturated carbocycles. The molecule has 5 nitrogen and oxygen atoms in total. The van der Waals surface area contributed by atoms with Crippen molar-refractivity contribution in [3.05, 3.63) is 24.3 Å². The molecule has 136 valence electrons. The lowest BCUT2D eigenvalue weighted by atomic mass is 9.95. The summed E-state index contributed by atoms with van der Waals surface area (Å²) in [4.78, 5) is 12.1. The summed E-state index contributed by atoms with van der Waals surface area (Å²) >= 11 is 0. The Morgan fingerprint density at radius 1 is 1.29 bits per heavy atom. The lowest BCUT2D eigenvalue weighted by Crippen LogP contribution is -2.53. The number of hydrogen-bond donors (Lipinski definition) is 2. The average Bonchev–Trinajstić information content (AvgIpc) is 3.38. The summed E-state index contributed by atoms with van der Waals surface area (Å²) in [6.07, 6.45) is 3.42. The Morgan fingerprint density at radius 3 is 2.46 bits per heavy atom. The first-order chi connectivity index (χ1) is 11.1. The second-order valence-corrected chi connectivity index (χ2v) is 6.28. The average molecular weight is 357 g/mol. The van der Waals surface area contributed by atoms with Crippen LogP contribution < -0.4 is 20.5 Å². The van der Waals surface area contributed by atoms with Gasteiger partial charge in [-0.25, -0.2) is 0 Å². The molecule has 0 aromatic heterocycles. The van der Waals surface area contributed by atoms with Crippen molar-refractivity contribution < 1.29 is 14.3 Å². The van der Waals surface area contributed by atoms with Crippen molar-refractivity contribution in [3.8, 4) is 11.5 Å². The molecule has 2 rings (SSSR count). The molecule has 0 radical (unpaired) electrons. The van der Waals surface area contributed by atoms with E-state index in [4.69, 9.17) is 15.2 Å². The van der Waals surface area contributed by atoms with Gasteiger partial charge in [-0.05, 0) is 51.2 Å². The predicted octanol–water partition coefficient (Wildman–Crippen LogP) is 2.91. The molecule has 6 heteroatoms. The molecule has 1 aromatic rings. The van der Waals surface area contributed by atoms with E-state index in [0.29, 0.717) is 38.5 Å². The number of ether oxygens (including phenoxy) is 2. The number of carbonyl (C=O) groups excluding carboxylic acids is 1. The third kappa shape index (κ3) is 5.87. The molecular formula is C18H29ClN2O3. The maximum absolute atomic E-state index is 12.1. The lowest BCUT2D eigenvalue weighted by molar-refractivity contribution is -0.123. The largest absolute Gasteiger partial charge is 0.490 e. The van der Waals surface area contributed by atoms with Gasteiger partial charge in [-0.2, -0.15) is 0 Å². The zero-order valence-electron chi connectivity index (χ0n) is 14.5. The van der Waals surface area contributed by atoms with Gasteiger partial charge >= 0.3 is 0 Å². The van der Waals surface area contributed by atoms with Gasteiger partial charge in [0, 0.05) is 13.0 Å². The molecule has 1 aliphatic carbocycles. The second-order valence-electron chi connectivity index (χ2n) is 6.28. The standard InChI is InChI=1S/C18H28N2O3.ClH/c1-3-22-15-7-4-5-8-16(15)23-12-6-9-17(21)20-18(2,13-19)14-10-11-14;/h4-5,7-8,14H,3,6,9-13,19H2,1-2H3,(H,20,21);1H. The number of para-hydroxylation sites is 2. The molecule has 0 bridgehead atoms. The van der Waals surface area contributed by atoms with Gasteiger partial charge in [-0.15, -0.1) is 12.4 Å². The molecule has 0 saturated heterocycles. The summed E-state index contributed by atoms with van der Waals surface area (Å²) in [5.41, 5.74) is 5.57. The quantitative estimate of drug-likeness (QED) is 0.632. The highest BCUT2D eigenvalue weighted by Gasteiger charge is 2.41. The monoisotopic (exact) mass is 356 g/mol. The Balaban J connectivity index is 0.00000288. The molecule has 1 unspecified atom stereocenters. The minimum atomic E-state index is -0.250. The first-order valence-corrected chi connectivity index (χ1v) is 8.44. The summed E-state index contributed by atoms with van der Waals surface area (Å²) in [5.74, 6) is 2.04. The van der Waals surface area contributed by atoms with Crippen LogP contribution in [0.25, 0.3) is 0 Å². The summed E-state index contributed by atoms with van der Waals surface area (Å²) in [6.45, 7) is 5.55. The van der Waals surface area contributed by atoms with Crippen molar-refractivity contribution in [2.75, 3.05) is 19.8 Å². The SMILES string of the molecule is CCOc1ccccc1OCCCC(=O)NC(C)(CN)C1CC1.Cl. The molecule has 1 aliphatic rings. The van der Waals surface area contributed by atoms with Gasteiger partial charge in [0.25, 0.3) is 0 Å². The number of benzene rings is 1. The van der Waals surface area contributed by atoms with Crippen molar-refractivity contribution in [2.45, 2.75) is 45.1 Å². The van der Waals surface area contributed by atoms with E-state index < -0.39 is 0 Å². The van der Waals surface area contributed by atoms with Gasteiger partial charge in [0.15, 0.2) is 11.5 Å². The van der Waals surface area contributed by atoms with Crippen LogP contribution in [0.4, 0.5) is 0 Å². The van der Waals surface area contributed by atoms with Gasteiger partial charge in [0.05, 0.1) is 18.8 Å². The molecule has 1 fully saturated rings. The zero-order chi connectivity index (χ0) is 16.7.